The number of hydrogen-bond acceptors (Lipinski definition) is 5. The molecular formula is C34H51N5O2. The van der Waals surface area contributed by atoms with Crippen molar-refractivity contribution in [3.8, 4) is 0 Å². The lowest BCUT2D eigenvalue weighted by Crippen LogP contribution is -2.49. The van der Waals surface area contributed by atoms with E-state index in [9.17, 15) is 9.59 Å². The summed E-state index contributed by atoms with van der Waals surface area (Å²) in [5.74, 6) is -0.00795. The van der Waals surface area contributed by atoms with E-state index >= 15 is 0 Å². The van der Waals surface area contributed by atoms with Crippen LogP contribution in [0.5, 0.6) is 0 Å². The lowest BCUT2D eigenvalue weighted by molar-refractivity contribution is -0.141. The van der Waals surface area contributed by atoms with Gasteiger partial charge in [-0.3, -0.25) is 9.59 Å². The van der Waals surface area contributed by atoms with Crippen LogP contribution < -0.4 is 15.1 Å². The van der Waals surface area contributed by atoms with Crippen LogP contribution in [-0.4, -0.2) is 81.0 Å². The molecule has 2 aromatic carbocycles. The molecule has 0 unspecified atom stereocenters. The number of likely N-dealkylation sites (N-methyl/N-ethyl adjacent to an activating group) is 1. The number of anilines is 2. The minimum absolute atomic E-state index is 0.0423. The molecule has 1 aliphatic carbocycles. The summed E-state index contributed by atoms with van der Waals surface area (Å²) in [6.45, 7) is 9.02. The Hall–Kier alpha value is -3.06. The van der Waals surface area contributed by atoms with Crippen molar-refractivity contribution in [3.63, 3.8) is 0 Å². The van der Waals surface area contributed by atoms with E-state index in [1.165, 1.54) is 17.7 Å². The number of nitrogens with zero attached hydrogens (tertiary/aromatic N) is 4. The molecule has 7 heteroatoms. The van der Waals surface area contributed by atoms with Crippen molar-refractivity contribution in [2.24, 2.45) is 0 Å². The van der Waals surface area contributed by atoms with Crippen LogP contribution in [0.15, 0.2) is 48.5 Å². The van der Waals surface area contributed by atoms with Crippen molar-refractivity contribution in [2.75, 3.05) is 63.2 Å². The normalized spacial score (nSPS) is 16.3. The zero-order valence-electron chi connectivity index (χ0n) is 25.8. The highest BCUT2D eigenvalue weighted by Gasteiger charge is 2.33. The largest absolute Gasteiger partial charge is 0.378 e. The Balaban J connectivity index is 1.60. The molecule has 1 N–H and O–H groups in total. The van der Waals surface area contributed by atoms with Crippen molar-refractivity contribution < 1.29 is 9.59 Å². The number of amides is 2. The first-order valence-corrected chi connectivity index (χ1v) is 15.8. The van der Waals surface area contributed by atoms with Gasteiger partial charge in [-0.15, -0.1) is 0 Å². The molecule has 224 valence electrons. The van der Waals surface area contributed by atoms with Crippen LogP contribution in [0.1, 0.15) is 76.0 Å². The Labute approximate surface area is 247 Å². The summed E-state index contributed by atoms with van der Waals surface area (Å²) in [6.07, 6.45) is 8.12. The summed E-state index contributed by atoms with van der Waals surface area (Å²) in [5, 5.41) is 3.36. The third-order valence-corrected chi connectivity index (χ3v) is 8.91. The lowest BCUT2D eigenvalue weighted by atomic mass is 9.94. The number of aryl methyl sites for hydroxylation is 1. The van der Waals surface area contributed by atoms with Crippen LogP contribution in [0, 0.1) is 0 Å². The minimum atomic E-state index is -0.648. The molecule has 2 aliphatic rings. The van der Waals surface area contributed by atoms with Crippen molar-refractivity contribution in [1.82, 2.24) is 15.1 Å². The Morgan fingerprint density at radius 1 is 0.927 bits per heavy atom. The molecule has 41 heavy (non-hydrogen) atoms. The van der Waals surface area contributed by atoms with Crippen LogP contribution in [0.3, 0.4) is 0 Å². The van der Waals surface area contributed by atoms with Crippen molar-refractivity contribution in [1.29, 1.82) is 0 Å². The second kappa shape index (κ2) is 15.2. The van der Waals surface area contributed by atoms with E-state index in [1.807, 2.05) is 43.3 Å². The molecule has 7 nitrogen and oxygen atoms in total. The second-order valence-corrected chi connectivity index (χ2v) is 11.8. The molecule has 0 saturated heterocycles. The van der Waals surface area contributed by atoms with E-state index in [4.69, 9.17) is 0 Å². The Morgan fingerprint density at radius 3 is 2.32 bits per heavy atom. The second-order valence-electron chi connectivity index (χ2n) is 11.8. The molecular weight excluding hydrogens is 510 g/mol. The molecule has 0 aromatic heterocycles. The minimum Gasteiger partial charge on any atom is -0.378 e. The van der Waals surface area contributed by atoms with Gasteiger partial charge in [-0.05, 0) is 68.1 Å². The average molecular weight is 562 g/mol. The smallest absolute Gasteiger partial charge is 0.247 e. The maximum Gasteiger partial charge on any atom is 0.247 e. The average Bonchev–Trinajstić information content (AvgIpc) is 3.00. The molecule has 1 aliphatic heterocycles. The molecule has 2 aromatic rings. The molecule has 0 radical (unpaired) electrons. The SMILES string of the molecule is CCN(CC)CCN(C(=O)CCN1CCCc2ccccc21)[C@@H](C(=O)NC1CCCCC1)c1ccc(N(C)C)cc1. The summed E-state index contributed by atoms with van der Waals surface area (Å²) < 4.78 is 0. The maximum atomic E-state index is 14.2. The van der Waals surface area contributed by atoms with Crippen LogP contribution in [-0.2, 0) is 16.0 Å². The third kappa shape index (κ3) is 8.25. The summed E-state index contributed by atoms with van der Waals surface area (Å²) in [6, 6.07) is 16.2. The quantitative estimate of drug-likeness (QED) is 0.362. The first kappa shape index (κ1) is 30.9. The number of para-hydroxylation sites is 1. The van der Waals surface area contributed by atoms with Gasteiger partial charge in [0.1, 0.15) is 6.04 Å². The molecule has 0 spiro atoms. The van der Waals surface area contributed by atoms with E-state index in [0.717, 1.165) is 76.0 Å². The van der Waals surface area contributed by atoms with Gasteiger partial charge in [0.2, 0.25) is 11.8 Å². The highest BCUT2D eigenvalue weighted by Crippen LogP contribution is 2.29. The van der Waals surface area contributed by atoms with Gasteiger partial charge in [0.15, 0.2) is 0 Å². The number of fused-ring (bicyclic) bond motifs is 1. The van der Waals surface area contributed by atoms with Gasteiger partial charge in [0, 0.05) is 64.1 Å². The fraction of sp³-hybridized carbons (Fsp3) is 0.588. The number of hydrogen-bond donors (Lipinski definition) is 1. The molecule has 1 atom stereocenters. The standard InChI is InChI=1S/C34H51N5O2/c1-5-37(6-2)25-26-39(32(40)22-24-38-23-12-14-27-13-10-11-17-31(27)38)33(28-18-20-30(21-19-28)36(3)4)34(41)35-29-15-8-7-9-16-29/h10-11,13,17-21,29,33H,5-9,12,14-16,22-26H2,1-4H3,(H,35,41)/t33-/m1/s1. The topological polar surface area (TPSA) is 59.1 Å². The molecule has 2 amide bonds. The van der Waals surface area contributed by atoms with Crippen LogP contribution in [0.2, 0.25) is 0 Å². The predicted molar refractivity (Wildman–Crippen MR) is 170 cm³/mol. The van der Waals surface area contributed by atoms with Gasteiger partial charge >= 0.3 is 0 Å². The predicted octanol–water partition coefficient (Wildman–Crippen LogP) is 5.26. The number of benzene rings is 2. The molecule has 0 bridgehead atoms. The number of carbonyl (C=O) groups excluding carboxylic acids is 2. The van der Waals surface area contributed by atoms with E-state index < -0.39 is 6.04 Å². The van der Waals surface area contributed by atoms with Gasteiger partial charge in [0.25, 0.3) is 0 Å². The first-order valence-electron chi connectivity index (χ1n) is 15.8. The fourth-order valence-electron chi connectivity index (χ4n) is 6.36. The van der Waals surface area contributed by atoms with Crippen LogP contribution in [0.25, 0.3) is 0 Å². The maximum absolute atomic E-state index is 14.2. The number of carbonyl (C=O) groups is 2. The zero-order chi connectivity index (χ0) is 29.2. The monoisotopic (exact) mass is 561 g/mol. The Morgan fingerprint density at radius 2 is 1.63 bits per heavy atom. The third-order valence-electron chi connectivity index (χ3n) is 8.91. The molecule has 1 heterocycles. The Bertz CT molecular complexity index is 1110. The van der Waals surface area contributed by atoms with Crippen molar-refractivity contribution >= 4 is 23.2 Å². The molecule has 4 rings (SSSR count). The summed E-state index contributed by atoms with van der Waals surface area (Å²) >= 11 is 0. The number of nitrogens with one attached hydrogen (secondary N) is 1. The highest BCUT2D eigenvalue weighted by molar-refractivity contribution is 5.89. The fourth-order valence-corrected chi connectivity index (χ4v) is 6.36. The first-order chi connectivity index (χ1) is 19.9. The summed E-state index contributed by atoms with van der Waals surface area (Å²) in [5.41, 5.74) is 4.55. The van der Waals surface area contributed by atoms with Gasteiger partial charge in [-0.25, -0.2) is 0 Å². The van der Waals surface area contributed by atoms with E-state index in [1.54, 1.807) is 0 Å². The summed E-state index contributed by atoms with van der Waals surface area (Å²) in [7, 11) is 4.03. The molecule has 1 saturated carbocycles. The van der Waals surface area contributed by atoms with E-state index in [2.05, 4.69) is 58.1 Å². The van der Waals surface area contributed by atoms with Crippen LogP contribution in [0.4, 0.5) is 11.4 Å². The molecule has 1 fully saturated rings. The lowest BCUT2D eigenvalue weighted by Gasteiger charge is -2.36. The van der Waals surface area contributed by atoms with Gasteiger partial charge < -0.3 is 24.9 Å². The summed E-state index contributed by atoms with van der Waals surface area (Å²) in [4.78, 5) is 36.9. The number of rotatable bonds is 13. The zero-order valence-corrected chi connectivity index (χ0v) is 25.8. The van der Waals surface area contributed by atoms with Crippen molar-refractivity contribution in [2.45, 2.75) is 77.3 Å². The van der Waals surface area contributed by atoms with Gasteiger partial charge in [-0.2, -0.15) is 0 Å². The van der Waals surface area contributed by atoms with Gasteiger partial charge in [-0.1, -0.05) is 63.4 Å². The highest BCUT2D eigenvalue weighted by atomic mass is 16.2. The van der Waals surface area contributed by atoms with Gasteiger partial charge in [0.05, 0.1) is 0 Å². The van der Waals surface area contributed by atoms with Crippen LogP contribution >= 0.6 is 0 Å². The Kier molecular flexibility index (Phi) is 11.5. The van der Waals surface area contributed by atoms with E-state index in [0.29, 0.717) is 19.5 Å². The van der Waals surface area contributed by atoms with E-state index in [-0.39, 0.29) is 17.9 Å². The van der Waals surface area contributed by atoms with Crippen molar-refractivity contribution in [3.05, 3.63) is 59.7 Å².